The maximum absolute atomic E-state index is 12.7. The lowest BCUT2D eigenvalue weighted by Crippen LogP contribution is -2.21. The van der Waals surface area contributed by atoms with Gasteiger partial charge in [-0.15, -0.1) is 11.3 Å². The predicted octanol–water partition coefficient (Wildman–Crippen LogP) is 4.60. The number of hydrogen-bond acceptors (Lipinski definition) is 8. The molecular formula is C24H25N5O4S. The SMILES string of the molecule is CC(C)(C)c1nc(NNCc2cc([N+](=O)[O-])ccc2O)sc1Cc1cc2ccccc2[nH]c1=O. The summed E-state index contributed by atoms with van der Waals surface area (Å²) in [5.74, 6) is -0.0364. The van der Waals surface area contributed by atoms with Crippen LogP contribution in [0.4, 0.5) is 10.8 Å². The minimum atomic E-state index is -0.506. The number of hydrogen-bond donors (Lipinski definition) is 4. The number of thiazole rings is 1. The van der Waals surface area contributed by atoms with Gasteiger partial charge in [0.1, 0.15) is 5.75 Å². The van der Waals surface area contributed by atoms with Crippen LogP contribution in [0.3, 0.4) is 0 Å². The molecule has 9 nitrogen and oxygen atoms in total. The Balaban J connectivity index is 1.55. The summed E-state index contributed by atoms with van der Waals surface area (Å²) in [6.45, 7) is 6.34. The number of nitro benzene ring substituents is 1. The van der Waals surface area contributed by atoms with Crippen molar-refractivity contribution in [3.8, 4) is 5.75 Å². The fourth-order valence-corrected chi connectivity index (χ4v) is 4.82. The second-order valence-corrected chi connectivity index (χ2v) is 10.1. The predicted molar refractivity (Wildman–Crippen MR) is 133 cm³/mol. The van der Waals surface area contributed by atoms with Gasteiger partial charge in [0, 0.05) is 52.0 Å². The molecule has 0 aliphatic carbocycles. The molecular weight excluding hydrogens is 454 g/mol. The van der Waals surface area contributed by atoms with Gasteiger partial charge in [-0.05, 0) is 23.6 Å². The van der Waals surface area contributed by atoms with Crippen molar-refractivity contribution in [1.82, 2.24) is 15.4 Å². The van der Waals surface area contributed by atoms with Gasteiger partial charge in [0.05, 0.1) is 10.6 Å². The van der Waals surface area contributed by atoms with Gasteiger partial charge in [-0.25, -0.2) is 10.4 Å². The molecule has 0 radical (unpaired) electrons. The monoisotopic (exact) mass is 479 g/mol. The quantitative estimate of drug-likeness (QED) is 0.225. The van der Waals surface area contributed by atoms with Crippen LogP contribution in [-0.2, 0) is 18.4 Å². The van der Waals surface area contributed by atoms with E-state index in [2.05, 4.69) is 36.6 Å². The van der Waals surface area contributed by atoms with Gasteiger partial charge in [-0.2, -0.15) is 0 Å². The molecule has 2 heterocycles. The Hall–Kier alpha value is -3.76. The number of nitrogens with one attached hydrogen (secondary N) is 3. The number of non-ortho nitro benzene ring substituents is 1. The minimum Gasteiger partial charge on any atom is -0.508 e. The van der Waals surface area contributed by atoms with Gasteiger partial charge in [0.2, 0.25) is 0 Å². The molecule has 0 saturated carbocycles. The van der Waals surface area contributed by atoms with Crippen molar-refractivity contribution in [2.45, 2.75) is 39.2 Å². The fraction of sp³-hybridized carbons (Fsp3) is 0.250. The van der Waals surface area contributed by atoms with E-state index in [9.17, 15) is 20.0 Å². The first kappa shape index (κ1) is 23.4. The normalized spacial score (nSPS) is 11.6. The molecule has 0 unspecified atom stereocenters. The van der Waals surface area contributed by atoms with E-state index in [1.807, 2.05) is 30.3 Å². The van der Waals surface area contributed by atoms with Crippen LogP contribution < -0.4 is 16.4 Å². The Morgan fingerprint density at radius 1 is 1.15 bits per heavy atom. The second kappa shape index (κ2) is 9.24. The molecule has 176 valence electrons. The summed E-state index contributed by atoms with van der Waals surface area (Å²) in [5.41, 5.74) is 8.25. The van der Waals surface area contributed by atoms with Crippen LogP contribution in [0.5, 0.6) is 5.75 Å². The van der Waals surface area contributed by atoms with E-state index in [1.54, 1.807) is 0 Å². The number of aromatic hydroxyl groups is 1. The summed E-state index contributed by atoms with van der Waals surface area (Å²) in [6, 6.07) is 13.5. The highest BCUT2D eigenvalue weighted by atomic mass is 32.1. The van der Waals surface area contributed by atoms with Crippen molar-refractivity contribution in [1.29, 1.82) is 0 Å². The summed E-state index contributed by atoms with van der Waals surface area (Å²) in [5, 5.41) is 22.6. The maximum Gasteiger partial charge on any atom is 0.270 e. The van der Waals surface area contributed by atoms with Crippen LogP contribution in [0.15, 0.2) is 53.3 Å². The number of rotatable bonds is 7. The van der Waals surface area contributed by atoms with E-state index < -0.39 is 4.92 Å². The minimum absolute atomic E-state index is 0.0364. The van der Waals surface area contributed by atoms with Gasteiger partial charge in [0.15, 0.2) is 5.13 Å². The number of phenolic OH excluding ortho intramolecular Hbond substituents is 1. The summed E-state index contributed by atoms with van der Waals surface area (Å²) in [4.78, 5) is 31.8. The molecule has 4 aromatic rings. The van der Waals surface area contributed by atoms with Crippen LogP contribution in [-0.4, -0.2) is 20.0 Å². The number of para-hydroxylation sites is 1. The van der Waals surface area contributed by atoms with Crippen LogP contribution in [0, 0.1) is 10.1 Å². The molecule has 4 rings (SSSR count). The van der Waals surface area contributed by atoms with E-state index in [4.69, 9.17) is 4.98 Å². The van der Waals surface area contributed by atoms with Gasteiger partial charge in [-0.1, -0.05) is 39.0 Å². The molecule has 2 aromatic carbocycles. The number of nitrogens with zero attached hydrogens (tertiary/aromatic N) is 2. The number of benzene rings is 2. The third-order valence-corrected chi connectivity index (χ3v) is 6.31. The smallest absolute Gasteiger partial charge is 0.270 e. The molecule has 0 aliphatic rings. The summed E-state index contributed by atoms with van der Waals surface area (Å²) in [7, 11) is 0. The number of aromatic amines is 1. The molecule has 0 amide bonds. The zero-order valence-corrected chi connectivity index (χ0v) is 19.8. The van der Waals surface area contributed by atoms with Gasteiger partial charge < -0.3 is 10.1 Å². The number of anilines is 1. The van der Waals surface area contributed by atoms with E-state index in [0.717, 1.165) is 21.5 Å². The van der Waals surface area contributed by atoms with Crippen molar-refractivity contribution >= 4 is 33.1 Å². The highest BCUT2D eigenvalue weighted by molar-refractivity contribution is 7.15. The first-order valence-corrected chi connectivity index (χ1v) is 11.5. The Bertz CT molecular complexity index is 1420. The molecule has 0 bridgehead atoms. The molecule has 4 N–H and O–H groups in total. The summed E-state index contributed by atoms with van der Waals surface area (Å²) < 4.78 is 0. The Morgan fingerprint density at radius 3 is 2.65 bits per heavy atom. The van der Waals surface area contributed by atoms with Crippen molar-refractivity contribution in [3.63, 3.8) is 0 Å². The van der Waals surface area contributed by atoms with E-state index in [0.29, 0.717) is 22.7 Å². The first-order valence-electron chi connectivity index (χ1n) is 10.7. The standard InChI is InChI=1S/C24H25N5O4S/c1-24(2,3)21-20(12-15-10-14-6-4-5-7-18(14)26-22(15)31)34-23(27-21)28-25-13-16-11-17(29(32)33)8-9-19(16)30/h4-11,25,30H,12-13H2,1-3H3,(H,26,31)(H,27,28). The molecule has 10 heteroatoms. The largest absolute Gasteiger partial charge is 0.508 e. The Morgan fingerprint density at radius 2 is 1.91 bits per heavy atom. The van der Waals surface area contributed by atoms with Crippen molar-refractivity contribution < 1.29 is 10.0 Å². The van der Waals surface area contributed by atoms with Gasteiger partial charge in [-0.3, -0.25) is 20.3 Å². The number of pyridine rings is 1. The number of H-pyrrole nitrogens is 1. The third kappa shape index (κ3) is 5.08. The van der Waals surface area contributed by atoms with Crippen molar-refractivity contribution in [2.75, 3.05) is 5.43 Å². The van der Waals surface area contributed by atoms with Crippen LogP contribution in [0.25, 0.3) is 10.9 Å². The molecule has 34 heavy (non-hydrogen) atoms. The van der Waals surface area contributed by atoms with Gasteiger partial charge >= 0.3 is 0 Å². The zero-order chi connectivity index (χ0) is 24.5. The van der Waals surface area contributed by atoms with E-state index in [1.165, 1.54) is 29.5 Å². The zero-order valence-electron chi connectivity index (χ0n) is 19.0. The Kier molecular flexibility index (Phi) is 6.36. The van der Waals surface area contributed by atoms with Crippen molar-refractivity contribution in [3.05, 3.63) is 90.7 Å². The first-order chi connectivity index (χ1) is 16.1. The van der Waals surface area contributed by atoms with Crippen LogP contribution in [0.2, 0.25) is 0 Å². The summed E-state index contributed by atoms with van der Waals surface area (Å²) in [6.07, 6.45) is 0.442. The topological polar surface area (TPSA) is 133 Å². The summed E-state index contributed by atoms with van der Waals surface area (Å²) >= 11 is 1.43. The maximum atomic E-state index is 12.7. The molecule has 0 aliphatic heterocycles. The van der Waals surface area contributed by atoms with E-state index >= 15 is 0 Å². The Labute approximate surface area is 199 Å². The number of phenols is 1. The number of hydrazine groups is 1. The molecule has 0 spiro atoms. The number of fused-ring (bicyclic) bond motifs is 1. The average Bonchev–Trinajstić information content (AvgIpc) is 3.18. The highest BCUT2D eigenvalue weighted by Gasteiger charge is 2.24. The molecule has 0 saturated heterocycles. The van der Waals surface area contributed by atoms with Crippen LogP contribution >= 0.6 is 11.3 Å². The fourth-order valence-electron chi connectivity index (χ4n) is 3.65. The number of aromatic nitrogens is 2. The number of nitro groups is 1. The van der Waals surface area contributed by atoms with Gasteiger partial charge in [0.25, 0.3) is 11.2 Å². The molecule has 0 fully saturated rings. The average molecular weight is 480 g/mol. The van der Waals surface area contributed by atoms with Crippen molar-refractivity contribution in [2.24, 2.45) is 0 Å². The lowest BCUT2D eigenvalue weighted by molar-refractivity contribution is -0.384. The molecule has 0 atom stereocenters. The van der Waals surface area contributed by atoms with E-state index in [-0.39, 0.29) is 29.0 Å². The second-order valence-electron chi connectivity index (χ2n) is 8.98. The van der Waals surface area contributed by atoms with Crippen LogP contribution in [0.1, 0.15) is 42.5 Å². The third-order valence-electron chi connectivity index (χ3n) is 5.34. The lowest BCUT2D eigenvalue weighted by atomic mass is 9.90. The molecule has 2 aromatic heterocycles. The lowest BCUT2D eigenvalue weighted by Gasteiger charge is -2.17. The highest BCUT2D eigenvalue weighted by Crippen LogP contribution is 2.33.